The molecular weight excluding hydrogens is 242 g/mol. The molecule has 1 aliphatic heterocycles. The second-order valence-corrected chi connectivity index (χ2v) is 6.74. The highest BCUT2D eigenvalue weighted by molar-refractivity contribution is 5.76. The minimum absolute atomic E-state index is 0.282. The van der Waals surface area contributed by atoms with Gasteiger partial charge in [0, 0.05) is 31.3 Å². The van der Waals surface area contributed by atoms with E-state index in [9.17, 15) is 15.0 Å². The first kappa shape index (κ1) is 13.4. The van der Waals surface area contributed by atoms with Crippen molar-refractivity contribution in [3.05, 3.63) is 0 Å². The summed E-state index contributed by atoms with van der Waals surface area (Å²) in [7, 11) is 0. The van der Waals surface area contributed by atoms with Crippen molar-refractivity contribution in [2.75, 3.05) is 13.1 Å². The topological polar surface area (TPSA) is 60.8 Å². The largest absolute Gasteiger partial charge is 0.392 e. The number of carbonyl (C=O) groups is 1. The minimum atomic E-state index is -0.366. The summed E-state index contributed by atoms with van der Waals surface area (Å²) in [5.74, 6) is 0.883. The number of aliphatic hydroxyl groups excluding tert-OH is 2. The van der Waals surface area contributed by atoms with E-state index in [0.717, 1.165) is 12.8 Å². The molecule has 1 amide bonds. The minimum Gasteiger partial charge on any atom is -0.392 e. The lowest BCUT2D eigenvalue weighted by molar-refractivity contribution is -0.191. The van der Waals surface area contributed by atoms with Crippen LogP contribution in [0.5, 0.6) is 0 Å². The number of hydrogen-bond donors (Lipinski definition) is 2. The van der Waals surface area contributed by atoms with Crippen LogP contribution in [0.2, 0.25) is 0 Å². The smallest absolute Gasteiger partial charge is 0.222 e. The lowest BCUT2D eigenvalue weighted by Gasteiger charge is -2.55. The summed E-state index contributed by atoms with van der Waals surface area (Å²) in [4.78, 5) is 14.2. The van der Waals surface area contributed by atoms with Gasteiger partial charge in [0.15, 0.2) is 0 Å². The summed E-state index contributed by atoms with van der Waals surface area (Å²) < 4.78 is 0. The number of likely N-dealkylation sites (tertiary alicyclic amines) is 1. The fourth-order valence-electron chi connectivity index (χ4n) is 4.17. The van der Waals surface area contributed by atoms with Crippen molar-refractivity contribution in [3.8, 4) is 0 Å². The third-order valence-corrected chi connectivity index (χ3v) is 5.76. The summed E-state index contributed by atoms with van der Waals surface area (Å²) >= 11 is 0. The molecule has 2 aliphatic carbocycles. The third-order valence-electron chi connectivity index (χ3n) is 5.76. The molecule has 19 heavy (non-hydrogen) atoms. The normalized spacial score (nSPS) is 34.5. The molecule has 1 heterocycles. The van der Waals surface area contributed by atoms with Crippen molar-refractivity contribution in [1.82, 2.24) is 4.90 Å². The summed E-state index contributed by atoms with van der Waals surface area (Å²) in [6.45, 7) is 1.42. The van der Waals surface area contributed by atoms with Gasteiger partial charge in [-0.15, -0.1) is 0 Å². The van der Waals surface area contributed by atoms with E-state index in [4.69, 9.17) is 0 Å². The molecule has 2 saturated carbocycles. The number of hydrogen-bond acceptors (Lipinski definition) is 3. The Kier molecular flexibility index (Phi) is 3.56. The molecule has 0 unspecified atom stereocenters. The first-order valence-electron chi connectivity index (χ1n) is 7.76. The number of piperidine rings is 1. The van der Waals surface area contributed by atoms with Gasteiger partial charge in [-0.1, -0.05) is 12.8 Å². The first-order chi connectivity index (χ1) is 9.12. The lowest BCUT2D eigenvalue weighted by Crippen LogP contribution is -2.61. The number of nitrogens with zero attached hydrogens (tertiary/aromatic N) is 1. The van der Waals surface area contributed by atoms with Crippen molar-refractivity contribution in [1.29, 1.82) is 0 Å². The molecule has 0 radical (unpaired) electrons. The van der Waals surface area contributed by atoms with Gasteiger partial charge in [-0.3, -0.25) is 4.79 Å². The van der Waals surface area contributed by atoms with Gasteiger partial charge in [0.05, 0.1) is 12.2 Å². The van der Waals surface area contributed by atoms with Crippen molar-refractivity contribution in [2.24, 2.45) is 11.3 Å². The third kappa shape index (κ3) is 2.29. The van der Waals surface area contributed by atoms with Gasteiger partial charge in [-0.2, -0.15) is 0 Å². The van der Waals surface area contributed by atoms with Crippen LogP contribution in [0.1, 0.15) is 51.4 Å². The zero-order valence-corrected chi connectivity index (χ0v) is 11.6. The van der Waals surface area contributed by atoms with Gasteiger partial charge >= 0.3 is 0 Å². The van der Waals surface area contributed by atoms with Gasteiger partial charge in [-0.25, -0.2) is 0 Å². The van der Waals surface area contributed by atoms with Gasteiger partial charge in [0.25, 0.3) is 0 Å². The molecule has 2 N–H and O–H groups in total. The Labute approximate surface area is 114 Å². The Hall–Kier alpha value is -0.610. The van der Waals surface area contributed by atoms with Gasteiger partial charge < -0.3 is 15.1 Å². The van der Waals surface area contributed by atoms with Crippen LogP contribution in [0, 0.1) is 11.3 Å². The second-order valence-electron chi connectivity index (χ2n) is 6.74. The van der Waals surface area contributed by atoms with E-state index in [1.54, 1.807) is 0 Å². The van der Waals surface area contributed by atoms with E-state index in [0.29, 0.717) is 31.8 Å². The molecule has 0 aromatic heterocycles. The van der Waals surface area contributed by atoms with Crippen molar-refractivity contribution in [3.63, 3.8) is 0 Å². The monoisotopic (exact) mass is 267 g/mol. The van der Waals surface area contributed by atoms with E-state index >= 15 is 0 Å². The quantitative estimate of drug-likeness (QED) is 0.793. The van der Waals surface area contributed by atoms with Gasteiger partial charge in [0.2, 0.25) is 5.91 Å². The zero-order valence-electron chi connectivity index (χ0n) is 11.6. The molecular formula is C15H25NO3. The van der Waals surface area contributed by atoms with Crippen LogP contribution < -0.4 is 0 Å². The molecule has 3 aliphatic rings. The highest BCUT2D eigenvalue weighted by Gasteiger charge is 2.55. The maximum Gasteiger partial charge on any atom is 0.222 e. The molecule has 0 aromatic carbocycles. The van der Waals surface area contributed by atoms with Crippen LogP contribution in [0.3, 0.4) is 0 Å². The Morgan fingerprint density at radius 1 is 1.11 bits per heavy atom. The molecule has 2 atom stereocenters. The summed E-state index contributed by atoms with van der Waals surface area (Å²) in [6, 6.07) is 0. The first-order valence-corrected chi connectivity index (χ1v) is 7.76. The number of rotatable bonds is 2. The molecule has 0 bridgehead atoms. The average Bonchev–Trinajstić information content (AvgIpc) is 2.92. The maximum absolute atomic E-state index is 12.2. The predicted molar refractivity (Wildman–Crippen MR) is 71.5 cm³/mol. The number of aliphatic hydroxyl groups is 2. The Morgan fingerprint density at radius 3 is 2.21 bits per heavy atom. The van der Waals surface area contributed by atoms with Gasteiger partial charge in [0.1, 0.15) is 0 Å². The molecule has 3 fully saturated rings. The molecule has 4 heteroatoms. The van der Waals surface area contributed by atoms with Crippen molar-refractivity contribution < 1.29 is 15.0 Å². The van der Waals surface area contributed by atoms with E-state index in [1.165, 1.54) is 25.7 Å². The molecule has 3 rings (SSSR count). The van der Waals surface area contributed by atoms with Gasteiger partial charge in [-0.05, 0) is 31.6 Å². The molecule has 108 valence electrons. The Morgan fingerprint density at radius 2 is 1.68 bits per heavy atom. The fraction of sp³-hybridized carbons (Fsp3) is 0.933. The molecule has 1 saturated heterocycles. The maximum atomic E-state index is 12.2. The predicted octanol–water partition coefficient (Wildman–Crippen LogP) is 1.30. The van der Waals surface area contributed by atoms with Crippen molar-refractivity contribution in [2.45, 2.75) is 63.6 Å². The van der Waals surface area contributed by atoms with Crippen LogP contribution >= 0.6 is 0 Å². The van der Waals surface area contributed by atoms with E-state index in [-0.39, 0.29) is 23.5 Å². The highest BCUT2D eigenvalue weighted by Crippen LogP contribution is 2.49. The number of carbonyl (C=O) groups excluding carboxylic acids is 1. The Balaban J connectivity index is 1.51. The van der Waals surface area contributed by atoms with E-state index in [2.05, 4.69) is 0 Å². The van der Waals surface area contributed by atoms with Crippen LogP contribution in [-0.4, -0.2) is 46.3 Å². The van der Waals surface area contributed by atoms with Crippen LogP contribution in [-0.2, 0) is 4.79 Å². The van der Waals surface area contributed by atoms with Crippen LogP contribution in [0.4, 0.5) is 0 Å². The van der Waals surface area contributed by atoms with Crippen LogP contribution in [0.25, 0.3) is 0 Å². The average molecular weight is 267 g/mol. The second kappa shape index (κ2) is 5.06. The van der Waals surface area contributed by atoms with Crippen LogP contribution in [0.15, 0.2) is 0 Å². The highest BCUT2D eigenvalue weighted by atomic mass is 16.3. The summed E-state index contributed by atoms with van der Waals surface area (Å²) in [5.41, 5.74) is -0.301. The Bertz CT molecular complexity index is 333. The van der Waals surface area contributed by atoms with E-state index < -0.39 is 0 Å². The lowest BCUT2D eigenvalue weighted by atomic mass is 9.58. The summed E-state index contributed by atoms with van der Waals surface area (Å²) in [5, 5.41) is 19.8. The SMILES string of the molecule is O=C(CC1CCCC1)N1CCC2(CC1)[C@H](O)C[C@@H]2O. The molecule has 4 nitrogen and oxygen atoms in total. The molecule has 1 spiro atoms. The zero-order chi connectivity index (χ0) is 13.5. The van der Waals surface area contributed by atoms with E-state index in [1.807, 2.05) is 4.90 Å². The summed E-state index contributed by atoms with van der Waals surface area (Å²) in [6.07, 6.45) is 6.97. The number of amides is 1. The standard InChI is InChI=1S/C15H25NO3/c17-12-10-13(18)15(12)5-7-16(8-6-15)14(19)9-11-3-1-2-4-11/h11-13,17-18H,1-10H2/t12-,13+. The van der Waals surface area contributed by atoms with Crippen molar-refractivity contribution >= 4 is 5.91 Å². The molecule has 0 aromatic rings. The fourth-order valence-corrected chi connectivity index (χ4v) is 4.17.